The van der Waals surface area contributed by atoms with E-state index < -0.39 is 22.5 Å². The van der Waals surface area contributed by atoms with Crippen LogP contribution in [0.2, 0.25) is 0 Å². The van der Waals surface area contributed by atoms with Crippen LogP contribution in [0.1, 0.15) is 97.8 Å². The summed E-state index contributed by atoms with van der Waals surface area (Å²) in [5, 5.41) is 10.1. The highest BCUT2D eigenvalue weighted by Gasteiger charge is 2.59. The first-order valence-electron chi connectivity index (χ1n) is 10.3. The second kappa shape index (κ2) is 12.3. The molecule has 26 heavy (non-hydrogen) atoms. The van der Waals surface area contributed by atoms with Crippen LogP contribution in [-0.2, 0) is 23.5 Å². The van der Waals surface area contributed by atoms with Gasteiger partial charge in [-0.05, 0) is 19.3 Å². The molecule has 0 radical (unpaired) electrons. The Morgan fingerprint density at radius 2 is 1.35 bits per heavy atom. The molecule has 1 aliphatic rings. The maximum Gasteiger partial charge on any atom is 0.409 e. The molecular weight excluding hydrogens is 356 g/mol. The van der Waals surface area contributed by atoms with Gasteiger partial charge in [0.2, 0.25) is 0 Å². The van der Waals surface area contributed by atoms with Gasteiger partial charge in [-0.1, -0.05) is 84.5 Å². The molecule has 1 aliphatic heterocycles. The van der Waals surface area contributed by atoms with Gasteiger partial charge in [-0.2, -0.15) is 16.8 Å². The van der Waals surface area contributed by atoms with Crippen molar-refractivity contribution in [2.75, 3.05) is 6.61 Å². The van der Waals surface area contributed by atoms with Gasteiger partial charge in [0.25, 0.3) is 0 Å². The molecule has 0 aromatic heterocycles. The van der Waals surface area contributed by atoms with Gasteiger partial charge in [0.15, 0.2) is 0 Å². The van der Waals surface area contributed by atoms with E-state index in [4.69, 9.17) is 4.74 Å². The second-order valence-electron chi connectivity index (χ2n) is 7.38. The summed E-state index contributed by atoms with van der Waals surface area (Å²) in [5.74, 6) is -2.24. The molecule has 0 aliphatic carbocycles. The van der Waals surface area contributed by atoms with Gasteiger partial charge in [-0.3, -0.25) is 0 Å². The maximum atomic E-state index is 11.0. The molecule has 0 saturated carbocycles. The summed E-state index contributed by atoms with van der Waals surface area (Å²) in [4.78, 5) is 0. The van der Waals surface area contributed by atoms with Gasteiger partial charge >= 0.3 is 16.4 Å². The van der Waals surface area contributed by atoms with Crippen molar-refractivity contribution in [2.45, 2.75) is 110 Å². The van der Waals surface area contributed by atoms with Crippen molar-refractivity contribution in [3.8, 4) is 0 Å². The van der Waals surface area contributed by atoms with Crippen LogP contribution in [0.4, 0.5) is 0 Å². The van der Waals surface area contributed by atoms with Gasteiger partial charge in [-0.25, -0.2) is 0 Å². The van der Waals surface area contributed by atoms with Crippen LogP contribution in [0.3, 0.4) is 0 Å². The molecular formula is C19H38O6S. The minimum absolute atomic E-state index is 0.0611. The third-order valence-corrected chi connectivity index (χ3v) is 5.81. The lowest BCUT2D eigenvalue weighted by atomic mass is 9.95. The van der Waals surface area contributed by atoms with Crippen LogP contribution in [0.5, 0.6) is 0 Å². The number of hydrogen-bond acceptors (Lipinski definition) is 6. The minimum atomic E-state index is -4.06. The third-order valence-electron chi connectivity index (χ3n) is 4.93. The fourth-order valence-electron chi connectivity index (χ4n) is 3.48. The van der Waals surface area contributed by atoms with E-state index in [9.17, 15) is 13.5 Å². The van der Waals surface area contributed by atoms with Crippen molar-refractivity contribution < 1.29 is 26.6 Å². The normalized spacial score (nSPS) is 20.5. The Morgan fingerprint density at radius 3 is 1.77 bits per heavy atom. The summed E-state index contributed by atoms with van der Waals surface area (Å²) in [6.45, 7) is 6.30. The predicted molar refractivity (Wildman–Crippen MR) is 102 cm³/mol. The van der Waals surface area contributed by atoms with Crippen LogP contribution >= 0.6 is 0 Å². The lowest BCUT2D eigenvalue weighted by molar-refractivity contribution is -0.379. The Kier molecular flexibility index (Phi) is 11.3. The lowest BCUT2D eigenvalue weighted by Gasteiger charge is -2.41. The smallest absolute Gasteiger partial charge is 0.370 e. The molecule has 2 atom stereocenters. The molecule has 0 spiro atoms. The standard InChI is InChI=1S/C19H38O6S/c1-4-6-7-8-9-10-11-12-13-14-15-16-17(3)18(23-5-2)19(20)24-26(21,22)25-19/h17-18,20H,4-16H2,1-3H3. The molecule has 2 unspecified atom stereocenters. The van der Waals surface area contributed by atoms with E-state index in [1.807, 2.05) is 6.92 Å². The Morgan fingerprint density at radius 1 is 0.885 bits per heavy atom. The van der Waals surface area contributed by atoms with E-state index in [-0.39, 0.29) is 5.92 Å². The van der Waals surface area contributed by atoms with Gasteiger partial charge in [-0.15, -0.1) is 0 Å². The van der Waals surface area contributed by atoms with Gasteiger partial charge in [0, 0.05) is 6.61 Å². The molecule has 156 valence electrons. The fourth-order valence-corrected chi connectivity index (χ4v) is 4.27. The van der Waals surface area contributed by atoms with Crippen molar-refractivity contribution >= 4 is 10.4 Å². The van der Waals surface area contributed by atoms with Crippen LogP contribution in [-0.4, -0.2) is 32.2 Å². The topological polar surface area (TPSA) is 82.1 Å². The Hall–Kier alpha value is -0.210. The summed E-state index contributed by atoms with van der Waals surface area (Å²) in [6.07, 6.45) is 14.1. The zero-order chi connectivity index (χ0) is 19.5. The first kappa shape index (κ1) is 23.8. The Balaban J connectivity index is 2.11. The molecule has 0 bridgehead atoms. The maximum absolute atomic E-state index is 11.0. The molecule has 0 aromatic rings. The molecule has 0 amide bonds. The highest BCUT2D eigenvalue weighted by Crippen LogP contribution is 2.37. The van der Waals surface area contributed by atoms with E-state index >= 15 is 0 Å². The number of unbranched alkanes of at least 4 members (excludes halogenated alkanes) is 10. The average Bonchev–Trinajstić information content (AvgIpc) is 2.55. The second-order valence-corrected chi connectivity index (χ2v) is 8.53. The van der Waals surface area contributed by atoms with Crippen LogP contribution < -0.4 is 0 Å². The minimum Gasteiger partial charge on any atom is -0.370 e. The number of ether oxygens (including phenoxy) is 1. The van der Waals surface area contributed by atoms with Crippen molar-refractivity contribution in [1.29, 1.82) is 0 Å². The molecule has 7 heteroatoms. The summed E-state index contributed by atoms with van der Waals surface area (Å²) in [6, 6.07) is 0. The Labute approximate surface area is 159 Å². The zero-order valence-electron chi connectivity index (χ0n) is 16.7. The summed E-state index contributed by atoms with van der Waals surface area (Å²) < 4.78 is 36.6. The molecule has 1 heterocycles. The van der Waals surface area contributed by atoms with Crippen molar-refractivity contribution in [2.24, 2.45) is 5.92 Å². The van der Waals surface area contributed by atoms with Gasteiger partial charge < -0.3 is 9.84 Å². The quantitative estimate of drug-likeness (QED) is 0.383. The SMILES string of the molecule is CCCCCCCCCCCCCC(C)C(OCC)C1(O)OS(=O)(=O)O1. The number of aliphatic hydroxyl groups is 1. The first-order chi connectivity index (χ1) is 12.3. The molecule has 1 rings (SSSR count). The summed E-state index contributed by atoms with van der Waals surface area (Å²) in [7, 11) is -4.06. The van der Waals surface area contributed by atoms with Crippen molar-refractivity contribution in [3.63, 3.8) is 0 Å². The number of rotatable bonds is 16. The zero-order valence-corrected chi connectivity index (χ0v) is 17.6. The molecule has 1 saturated heterocycles. The largest absolute Gasteiger partial charge is 0.409 e. The molecule has 6 nitrogen and oxygen atoms in total. The average molecular weight is 395 g/mol. The Bertz CT molecular complexity index is 453. The molecule has 0 aromatic carbocycles. The summed E-state index contributed by atoms with van der Waals surface area (Å²) >= 11 is 0. The van der Waals surface area contributed by atoms with Crippen molar-refractivity contribution in [1.82, 2.24) is 0 Å². The van der Waals surface area contributed by atoms with Gasteiger partial charge in [0.05, 0.1) is 0 Å². The van der Waals surface area contributed by atoms with Crippen LogP contribution in [0.15, 0.2) is 0 Å². The monoisotopic (exact) mass is 394 g/mol. The van der Waals surface area contributed by atoms with Gasteiger partial charge in [0.1, 0.15) is 6.10 Å². The van der Waals surface area contributed by atoms with E-state index in [0.717, 1.165) is 19.3 Å². The lowest BCUT2D eigenvalue weighted by Crippen LogP contribution is -2.61. The van der Waals surface area contributed by atoms with Crippen LogP contribution in [0.25, 0.3) is 0 Å². The highest BCUT2D eigenvalue weighted by molar-refractivity contribution is 7.82. The third kappa shape index (κ3) is 8.65. The first-order valence-corrected chi connectivity index (χ1v) is 11.7. The molecule has 1 N–H and O–H groups in total. The van der Waals surface area contributed by atoms with E-state index in [2.05, 4.69) is 15.3 Å². The van der Waals surface area contributed by atoms with E-state index in [1.54, 1.807) is 6.92 Å². The fraction of sp³-hybridized carbons (Fsp3) is 1.00. The summed E-state index contributed by atoms with van der Waals surface area (Å²) in [5.41, 5.74) is 0. The van der Waals surface area contributed by atoms with E-state index in [1.165, 1.54) is 57.8 Å². The molecule has 1 fully saturated rings. The van der Waals surface area contributed by atoms with E-state index in [0.29, 0.717) is 6.61 Å². The van der Waals surface area contributed by atoms with Crippen LogP contribution in [0, 0.1) is 5.92 Å². The number of hydrogen-bond donors (Lipinski definition) is 1. The predicted octanol–water partition coefficient (Wildman–Crippen LogP) is 4.67. The van der Waals surface area contributed by atoms with Crippen molar-refractivity contribution in [3.05, 3.63) is 0 Å². The highest BCUT2D eigenvalue weighted by atomic mass is 32.3.